The minimum absolute atomic E-state index is 0.105. The van der Waals surface area contributed by atoms with Crippen LogP contribution in [0, 0.1) is 10.1 Å². The van der Waals surface area contributed by atoms with Crippen LogP contribution in [0.1, 0.15) is 10.4 Å². The maximum atomic E-state index is 12.5. The molecule has 0 aliphatic carbocycles. The van der Waals surface area contributed by atoms with E-state index in [-0.39, 0.29) is 27.9 Å². The van der Waals surface area contributed by atoms with Gasteiger partial charge in [0.05, 0.1) is 10.5 Å². The van der Waals surface area contributed by atoms with Crippen molar-refractivity contribution in [3.05, 3.63) is 64.2 Å². The van der Waals surface area contributed by atoms with E-state index in [1.807, 2.05) is 0 Å². The fourth-order valence-corrected chi connectivity index (χ4v) is 2.35. The first kappa shape index (κ1) is 15.9. The molecule has 0 fully saturated rings. The van der Waals surface area contributed by atoms with E-state index in [4.69, 9.17) is 0 Å². The molecule has 2 aromatic carbocycles. The number of hydrogen-bond donors (Lipinski definition) is 1. The van der Waals surface area contributed by atoms with Crippen LogP contribution in [0.15, 0.2) is 53.4 Å². The number of alkyl halides is 2. The van der Waals surface area contributed by atoms with Gasteiger partial charge in [0.15, 0.2) is 0 Å². The van der Waals surface area contributed by atoms with Crippen LogP contribution in [0.5, 0.6) is 0 Å². The number of non-ortho nitro benzene ring substituents is 1. The number of carbonyl (C=O) groups is 1. The molecular formula is C14H10F2N2O3S. The SMILES string of the molecule is O=C(Nc1ccc([N+](=O)[O-])cc1)c1ccccc1SC(F)F. The van der Waals surface area contributed by atoms with Crippen LogP contribution >= 0.6 is 11.8 Å². The topological polar surface area (TPSA) is 72.2 Å². The third kappa shape index (κ3) is 4.01. The first-order valence-corrected chi connectivity index (χ1v) is 6.95. The van der Waals surface area contributed by atoms with Gasteiger partial charge in [0.2, 0.25) is 0 Å². The zero-order chi connectivity index (χ0) is 16.1. The van der Waals surface area contributed by atoms with Crippen molar-refractivity contribution < 1.29 is 18.5 Å². The summed E-state index contributed by atoms with van der Waals surface area (Å²) in [6.45, 7) is 0. The van der Waals surface area contributed by atoms with Crippen LogP contribution in [0.2, 0.25) is 0 Å². The van der Waals surface area contributed by atoms with Gasteiger partial charge in [-0.1, -0.05) is 23.9 Å². The second kappa shape index (κ2) is 6.99. The number of nitrogens with one attached hydrogen (secondary N) is 1. The van der Waals surface area contributed by atoms with Gasteiger partial charge in [0, 0.05) is 22.7 Å². The Labute approximate surface area is 128 Å². The van der Waals surface area contributed by atoms with E-state index in [0.717, 1.165) is 0 Å². The summed E-state index contributed by atoms with van der Waals surface area (Å²) in [6, 6.07) is 11.2. The molecule has 0 aliphatic rings. The Hall–Kier alpha value is -2.48. The van der Waals surface area contributed by atoms with Gasteiger partial charge in [0.1, 0.15) is 0 Å². The molecule has 0 saturated heterocycles. The van der Waals surface area contributed by atoms with Gasteiger partial charge in [-0.2, -0.15) is 8.78 Å². The number of hydrogen-bond acceptors (Lipinski definition) is 4. The molecular weight excluding hydrogens is 314 g/mol. The average molecular weight is 324 g/mol. The van der Waals surface area contributed by atoms with Crippen LogP contribution in [-0.4, -0.2) is 16.6 Å². The Balaban J connectivity index is 2.17. The van der Waals surface area contributed by atoms with Crippen LogP contribution in [0.25, 0.3) is 0 Å². The predicted molar refractivity (Wildman–Crippen MR) is 79.4 cm³/mol. The summed E-state index contributed by atoms with van der Waals surface area (Å²) in [7, 11) is 0. The number of nitro benzene ring substituents is 1. The van der Waals surface area contributed by atoms with Gasteiger partial charge >= 0.3 is 0 Å². The summed E-state index contributed by atoms with van der Waals surface area (Å²) in [4.78, 5) is 22.3. The molecule has 1 amide bonds. The van der Waals surface area contributed by atoms with E-state index < -0.39 is 16.6 Å². The van der Waals surface area contributed by atoms with Crippen LogP contribution in [0.3, 0.4) is 0 Å². The second-order valence-electron chi connectivity index (χ2n) is 4.13. The molecule has 0 spiro atoms. The molecule has 2 aromatic rings. The van der Waals surface area contributed by atoms with E-state index in [2.05, 4.69) is 5.32 Å². The highest BCUT2D eigenvalue weighted by atomic mass is 32.2. The highest BCUT2D eigenvalue weighted by Crippen LogP contribution is 2.29. The monoisotopic (exact) mass is 324 g/mol. The number of thioether (sulfide) groups is 1. The van der Waals surface area contributed by atoms with E-state index >= 15 is 0 Å². The van der Waals surface area contributed by atoms with E-state index in [9.17, 15) is 23.7 Å². The Morgan fingerprint density at radius 3 is 2.36 bits per heavy atom. The van der Waals surface area contributed by atoms with E-state index in [1.165, 1.54) is 36.4 Å². The summed E-state index contributed by atoms with van der Waals surface area (Å²) in [6.07, 6.45) is 0. The Morgan fingerprint density at radius 2 is 1.77 bits per heavy atom. The molecule has 22 heavy (non-hydrogen) atoms. The molecule has 2 rings (SSSR count). The largest absolute Gasteiger partial charge is 0.322 e. The third-order valence-electron chi connectivity index (χ3n) is 2.68. The van der Waals surface area contributed by atoms with E-state index in [1.54, 1.807) is 12.1 Å². The zero-order valence-electron chi connectivity index (χ0n) is 11.0. The molecule has 1 N–H and O–H groups in total. The molecule has 0 bridgehead atoms. The Morgan fingerprint density at radius 1 is 1.14 bits per heavy atom. The summed E-state index contributed by atoms with van der Waals surface area (Å²) in [5.41, 5.74) is 0.352. The van der Waals surface area contributed by atoms with Crippen molar-refractivity contribution in [1.82, 2.24) is 0 Å². The van der Waals surface area contributed by atoms with Gasteiger partial charge in [-0.05, 0) is 24.3 Å². The number of nitro groups is 1. The van der Waals surface area contributed by atoms with Crippen LogP contribution < -0.4 is 5.32 Å². The number of halogens is 2. The predicted octanol–water partition coefficient (Wildman–Crippen LogP) is 4.16. The van der Waals surface area contributed by atoms with Crippen LogP contribution in [-0.2, 0) is 0 Å². The average Bonchev–Trinajstić information content (AvgIpc) is 2.47. The van der Waals surface area contributed by atoms with Gasteiger partial charge in [-0.15, -0.1) is 0 Å². The number of carbonyl (C=O) groups excluding carboxylic acids is 1. The highest BCUT2D eigenvalue weighted by Gasteiger charge is 2.15. The Kier molecular flexibility index (Phi) is 5.05. The van der Waals surface area contributed by atoms with Gasteiger partial charge in [-0.25, -0.2) is 0 Å². The number of nitrogens with zero attached hydrogens (tertiary/aromatic N) is 1. The molecule has 0 aliphatic heterocycles. The lowest BCUT2D eigenvalue weighted by Crippen LogP contribution is -2.13. The van der Waals surface area contributed by atoms with Gasteiger partial charge in [0.25, 0.3) is 17.4 Å². The van der Waals surface area contributed by atoms with Crippen molar-refractivity contribution in [2.45, 2.75) is 10.7 Å². The third-order valence-corrected chi connectivity index (χ3v) is 3.47. The highest BCUT2D eigenvalue weighted by molar-refractivity contribution is 7.99. The fourth-order valence-electron chi connectivity index (χ4n) is 1.72. The van der Waals surface area contributed by atoms with Gasteiger partial charge in [-0.3, -0.25) is 14.9 Å². The summed E-state index contributed by atoms with van der Waals surface area (Å²) in [5.74, 6) is -3.19. The minimum Gasteiger partial charge on any atom is -0.322 e. The van der Waals surface area contributed by atoms with E-state index in [0.29, 0.717) is 5.69 Å². The van der Waals surface area contributed by atoms with Gasteiger partial charge < -0.3 is 5.32 Å². The molecule has 114 valence electrons. The standard InChI is InChI=1S/C14H10F2N2O3S/c15-14(16)22-12-4-2-1-3-11(12)13(19)17-9-5-7-10(8-6-9)18(20)21/h1-8,14H,(H,17,19). The molecule has 0 saturated carbocycles. The summed E-state index contributed by atoms with van der Waals surface area (Å²) in [5, 5.41) is 13.1. The molecule has 8 heteroatoms. The lowest BCUT2D eigenvalue weighted by molar-refractivity contribution is -0.384. The van der Waals surface area contributed by atoms with Crippen molar-refractivity contribution in [3.8, 4) is 0 Å². The molecule has 5 nitrogen and oxygen atoms in total. The second-order valence-corrected chi connectivity index (χ2v) is 5.16. The van der Waals surface area contributed by atoms with Crippen molar-refractivity contribution in [2.24, 2.45) is 0 Å². The quantitative estimate of drug-likeness (QED) is 0.509. The number of benzene rings is 2. The lowest BCUT2D eigenvalue weighted by Gasteiger charge is -2.09. The number of rotatable bonds is 5. The zero-order valence-corrected chi connectivity index (χ0v) is 11.8. The van der Waals surface area contributed by atoms with Crippen LogP contribution in [0.4, 0.5) is 20.2 Å². The fraction of sp³-hybridized carbons (Fsp3) is 0.0714. The number of anilines is 1. The minimum atomic E-state index is -2.63. The normalized spacial score (nSPS) is 10.5. The maximum Gasteiger partial charge on any atom is 0.288 e. The first-order valence-electron chi connectivity index (χ1n) is 6.07. The maximum absolute atomic E-state index is 12.5. The van der Waals surface area contributed by atoms with Crippen molar-refractivity contribution >= 4 is 29.0 Å². The molecule has 0 heterocycles. The molecule has 0 atom stereocenters. The molecule has 0 radical (unpaired) electrons. The summed E-state index contributed by atoms with van der Waals surface area (Å²) < 4.78 is 25.0. The summed E-state index contributed by atoms with van der Waals surface area (Å²) >= 11 is 0.287. The lowest BCUT2D eigenvalue weighted by atomic mass is 10.2. The van der Waals surface area contributed by atoms with Crippen molar-refractivity contribution in [3.63, 3.8) is 0 Å². The van der Waals surface area contributed by atoms with Crippen molar-refractivity contribution in [1.29, 1.82) is 0 Å². The smallest absolute Gasteiger partial charge is 0.288 e. The molecule has 0 aromatic heterocycles. The Bertz CT molecular complexity index is 693. The molecule has 0 unspecified atom stereocenters. The number of amides is 1. The first-order chi connectivity index (χ1) is 10.5. The van der Waals surface area contributed by atoms with Crippen molar-refractivity contribution in [2.75, 3.05) is 5.32 Å².